The van der Waals surface area contributed by atoms with E-state index in [1.54, 1.807) is 19.3 Å². The summed E-state index contributed by atoms with van der Waals surface area (Å²) < 4.78 is 0. The maximum Gasteiger partial charge on any atom is 0.251 e. The highest BCUT2D eigenvalue weighted by molar-refractivity contribution is 5.95. The Morgan fingerprint density at radius 3 is 2.76 bits per heavy atom. The maximum atomic E-state index is 11.7. The first kappa shape index (κ1) is 13.1. The van der Waals surface area contributed by atoms with Gasteiger partial charge in [-0.05, 0) is 35.4 Å². The van der Waals surface area contributed by atoms with Crippen LogP contribution in [0.5, 0.6) is 0 Å². The third-order valence-electron chi connectivity index (χ3n) is 3.28. The highest BCUT2D eigenvalue weighted by Crippen LogP contribution is 2.24. The summed E-state index contributed by atoms with van der Waals surface area (Å²) in [5.74, 6) is 0.158. The van der Waals surface area contributed by atoms with E-state index in [0.717, 1.165) is 22.0 Å². The summed E-state index contributed by atoms with van der Waals surface area (Å²) in [6.45, 7) is 0. The third kappa shape index (κ3) is 2.53. The lowest BCUT2D eigenvalue weighted by atomic mass is 10.0. The lowest BCUT2D eigenvalue weighted by Gasteiger charge is -2.06. The van der Waals surface area contributed by atoms with Gasteiger partial charge in [0.25, 0.3) is 5.91 Å². The van der Waals surface area contributed by atoms with Gasteiger partial charge in [-0.3, -0.25) is 4.79 Å². The molecule has 0 aliphatic rings. The molecule has 5 nitrogen and oxygen atoms in total. The first-order valence-electron chi connectivity index (χ1n) is 6.52. The number of aromatic nitrogens is 2. The molecule has 0 aliphatic carbocycles. The molecule has 0 saturated carbocycles. The second-order valence-electron chi connectivity index (χ2n) is 4.66. The van der Waals surface area contributed by atoms with Gasteiger partial charge >= 0.3 is 0 Å². The summed E-state index contributed by atoms with van der Waals surface area (Å²) in [5, 5.41) is 3.53. The molecule has 0 atom stereocenters. The maximum absolute atomic E-state index is 11.7. The van der Waals surface area contributed by atoms with E-state index in [1.165, 1.54) is 0 Å². The predicted molar refractivity (Wildman–Crippen MR) is 82.8 cm³/mol. The van der Waals surface area contributed by atoms with Gasteiger partial charge in [0.05, 0.1) is 5.52 Å². The number of fused-ring (bicyclic) bond motifs is 1. The van der Waals surface area contributed by atoms with Crippen molar-refractivity contribution in [3.8, 4) is 11.1 Å². The molecule has 0 fully saturated rings. The van der Waals surface area contributed by atoms with Crippen LogP contribution in [0.15, 0.2) is 48.7 Å². The zero-order valence-corrected chi connectivity index (χ0v) is 11.5. The molecule has 5 heteroatoms. The largest absolute Gasteiger partial charge is 0.368 e. The number of nitrogen functional groups attached to an aromatic ring is 1. The molecule has 0 unspecified atom stereocenters. The van der Waals surface area contributed by atoms with Crippen LogP contribution in [0.2, 0.25) is 0 Å². The average molecular weight is 278 g/mol. The van der Waals surface area contributed by atoms with E-state index in [4.69, 9.17) is 5.73 Å². The smallest absolute Gasteiger partial charge is 0.251 e. The fourth-order valence-electron chi connectivity index (χ4n) is 2.21. The van der Waals surface area contributed by atoms with Crippen LogP contribution in [-0.2, 0) is 0 Å². The molecule has 3 rings (SSSR count). The van der Waals surface area contributed by atoms with E-state index in [0.29, 0.717) is 5.56 Å². The van der Waals surface area contributed by atoms with Crippen molar-refractivity contribution >= 4 is 22.8 Å². The van der Waals surface area contributed by atoms with Gasteiger partial charge in [0.2, 0.25) is 5.95 Å². The monoisotopic (exact) mass is 278 g/mol. The van der Waals surface area contributed by atoms with Gasteiger partial charge < -0.3 is 11.1 Å². The number of rotatable bonds is 2. The second-order valence-corrected chi connectivity index (χ2v) is 4.66. The number of hydrogen-bond donors (Lipinski definition) is 2. The summed E-state index contributed by atoms with van der Waals surface area (Å²) >= 11 is 0. The Balaban J connectivity index is 2.08. The van der Waals surface area contributed by atoms with Crippen molar-refractivity contribution in [2.75, 3.05) is 12.8 Å². The number of benzene rings is 2. The van der Waals surface area contributed by atoms with Gasteiger partial charge in [0.1, 0.15) is 0 Å². The molecule has 1 heterocycles. The van der Waals surface area contributed by atoms with Crippen molar-refractivity contribution in [1.29, 1.82) is 0 Å². The van der Waals surface area contributed by atoms with E-state index in [1.807, 2.05) is 36.4 Å². The van der Waals surface area contributed by atoms with Crippen molar-refractivity contribution in [3.63, 3.8) is 0 Å². The van der Waals surface area contributed by atoms with Crippen LogP contribution in [0.4, 0.5) is 5.95 Å². The minimum absolute atomic E-state index is 0.103. The molecular weight excluding hydrogens is 264 g/mol. The van der Waals surface area contributed by atoms with E-state index in [9.17, 15) is 4.79 Å². The number of nitrogens with one attached hydrogen (secondary N) is 1. The van der Waals surface area contributed by atoms with Crippen LogP contribution in [0.3, 0.4) is 0 Å². The molecule has 104 valence electrons. The quantitative estimate of drug-likeness (QED) is 0.753. The lowest BCUT2D eigenvalue weighted by molar-refractivity contribution is 0.0963. The van der Waals surface area contributed by atoms with Gasteiger partial charge in [0, 0.05) is 24.2 Å². The van der Waals surface area contributed by atoms with Crippen LogP contribution in [0.25, 0.3) is 22.0 Å². The molecule has 0 aliphatic heterocycles. The van der Waals surface area contributed by atoms with E-state index in [-0.39, 0.29) is 11.9 Å². The van der Waals surface area contributed by atoms with Gasteiger partial charge in [-0.15, -0.1) is 0 Å². The second kappa shape index (κ2) is 5.20. The van der Waals surface area contributed by atoms with Gasteiger partial charge in [0.15, 0.2) is 0 Å². The molecule has 2 aromatic carbocycles. The van der Waals surface area contributed by atoms with Crippen LogP contribution >= 0.6 is 0 Å². The number of carbonyl (C=O) groups excluding carboxylic acids is 1. The molecule has 0 radical (unpaired) electrons. The summed E-state index contributed by atoms with van der Waals surface area (Å²) in [4.78, 5) is 19.9. The standard InChI is InChI=1S/C16H14N4O/c1-18-15(21)12-4-2-3-10(7-12)11-5-6-14-13(8-11)9-19-16(17)20-14/h2-9H,1H3,(H,18,21)(H2,17,19,20). The highest BCUT2D eigenvalue weighted by atomic mass is 16.1. The van der Waals surface area contributed by atoms with Crippen molar-refractivity contribution in [2.24, 2.45) is 0 Å². The van der Waals surface area contributed by atoms with E-state index < -0.39 is 0 Å². The topological polar surface area (TPSA) is 80.9 Å². The predicted octanol–water partition coefficient (Wildman–Crippen LogP) is 2.24. The Labute approximate surface area is 121 Å². The molecule has 3 N–H and O–H groups in total. The Hall–Kier alpha value is -2.95. The molecule has 3 aromatic rings. The Kier molecular flexibility index (Phi) is 3.23. The number of nitrogens with two attached hydrogens (primary N) is 1. The minimum atomic E-state index is -0.103. The SMILES string of the molecule is CNC(=O)c1cccc(-c2ccc3nc(N)ncc3c2)c1. The lowest BCUT2D eigenvalue weighted by Crippen LogP contribution is -2.17. The molecule has 0 saturated heterocycles. The summed E-state index contributed by atoms with van der Waals surface area (Å²) in [6, 6.07) is 13.3. The van der Waals surface area contributed by atoms with E-state index in [2.05, 4.69) is 15.3 Å². The molecular formula is C16H14N4O. The fraction of sp³-hybridized carbons (Fsp3) is 0.0625. The van der Waals surface area contributed by atoms with Gasteiger partial charge in [-0.25, -0.2) is 9.97 Å². The first-order chi connectivity index (χ1) is 10.2. The fourth-order valence-corrected chi connectivity index (χ4v) is 2.21. The molecule has 0 bridgehead atoms. The Morgan fingerprint density at radius 1 is 1.14 bits per heavy atom. The normalized spacial score (nSPS) is 10.5. The van der Waals surface area contributed by atoms with Crippen molar-refractivity contribution in [2.45, 2.75) is 0 Å². The van der Waals surface area contributed by atoms with E-state index >= 15 is 0 Å². The third-order valence-corrected chi connectivity index (χ3v) is 3.28. The number of amides is 1. The molecule has 1 aromatic heterocycles. The van der Waals surface area contributed by atoms with Gasteiger partial charge in [-0.1, -0.05) is 18.2 Å². The Bertz CT molecular complexity index is 829. The zero-order valence-electron chi connectivity index (χ0n) is 11.5. The van der Waals surface area contributed by atoms with Crippen LogP contribution < -0.4 is 11.1 Å². The number of nitrogens with zero attached hydrogens (tertiary/aromatic N) is 2. The summed E-state index contributed by atoms with van der Waals surface area (Å²) in [6.07, 6.45) is 1.70. The van der Waals surface area contributed by atoms with Crippen LogP contribution in [0, 0.1) is 0 Å². The Morgan fingerprint density at radius 2 is 1.95 bits per heavy atom. The molecule has 1 amide bonds. The van der Waals surface area contributed by atoms with Crippen LogP contribution in [-0.4, -0.2) is 22.9 Å². The first-order valence-corrected chi connectivity index (χ1v) is 6.52. The van der Waals surface area contributed by atoms with Crippen LogP contribution in [0.1, 0.15) is 10.4 Å². The molecule has 0 spiro atoms. The van der Waals surface area contributed by atoms with Crippen molar-refractivity contribution < 1.29 is 4.79 Å². The molecule has 21 heavy (non-hydrogen) atoms. The number of anilines is 1. The van der Waals surface area contributed by atoms with Crippen molar-refractivity contribution in [3.05, 3.63) is 54.2 Å². The minimum Gasteiger partial charge on any atom is -0.368 e. The van der Waals surface area contributed by atoms with Gasteiger partial charge in [-0.2, -0.15) is 0 Å². The van der Waals surface area contributed by atoms with Crippen molar-refractivity contribution in [1.82, 2.24) is 15.3 Å². The summed E-state index contributed by atoms with van der Waals surface area (Å²) in [5.41, 5.74) is 8.97. The number of hydrogen-bond acceptors (Lipinski definition) is 4. The zero-order chi connectivity index (χ0) is 14.8. The summed E-state index contributed by atoms with van der Waals surface area (Å²) in [7, 11) is 1.62. The average Bonchev–Trinajstić information content (AvgIpc) is 2.53. The highest BCUT2D eigenvalue weighted by Gasteiger charge is 2.06. The number of carbonyl (C=O) groups is 1.